The van der Waals surface area contributed by atoms with E-state index in [4.69, 9.17) is 0 Å². The highest BCUT2D eigenvalue weighted by molar-refractivity contribution is 5.57. The maximum atomic E-state index is 4.23. The van der Waals surface area contributed by atoms with Crippen molar-refractivity contribution in [1.82, 2.24) is 15.5 Å². The maximum Gasteiger partial charge on any atom is 0.0638 e. The summed E-state index contributed by atoms with van der Waals surface area (Å²) in [5.74, 6) is 0. The molecule has 0 atom stereocenters. The molecule has 2 N–H and O–H groups in total. The first-order valence-corrected chi connectivity index (χ1v) is 7.79. The van der Waals surface area contributed by atoms with E-state index < -0.39 is 0 Å². The summed E-state index contributed by atoms with van der Waals surface area (Å²) in [5.41, 5.74) is 6.51. The summed E-state index contributed by atoms with van der Waals surface area (Å²) in [6, 6.07) is 8.77. The number of aromatic amines is 1. The van der Waals surface area contributed by atoms with Gasteiger partial charge in [0.15, 0.2) is 0 Å². The summed E-state index contributed by atoms with van der Waals surface area (Å²) in [6.45, 7) is 8.39. The molecule has 0 aliphatic carbocycles. The number of para-hydroxylation sites is 1. The molecule has 0 fully saturated rings. The summed E-state index contributed by atoms with van der Waals surface area (Å²) >= 11 is 0. The lowest BCUT2D eigenvalue weighted by Gasteiger charge is -2.19. The number of fused-ring (bicyclic) bond motifs is 1. The largest absolute Gasteiger partial charge is 0.371 e. The SMILES string of the molecule is Cc1n[nH]c(C)c1CNCCCN1CCc2ccccc21. The Morgan fingerprint density at radius 3 is 2.95 bits per heavy atom. The zero-order valence-corrected chi connectivity index (χ0v) is 12.9. The summed E-state index contributed by atoms with van der Waals surface area (Å²) in [6.07, 6.45) is 2.36. The van der Waals surface area contributed by atoms with E-state index >= 15 is 0 Å². The number of rotatable bonds is 6. The Morgan fingerprint density at radius 2 is 2.14 bits per heavy atom. The number of aryl methyl sites for hydroxylation is 2. The number of nitrogens with one attached hydrogen (secondary N) is 2. The van der Waals surface area contributed by atoms with Crippen LogP contribution < -0.4 is 10.2 Å². The molecule has 21 heavy (non-hydrogen) atoms. The summed E-state index contributed by atoms with van der Waals surface area (Å²) in [7, 11) is 0. The minimum absolute atomic E-state index is 0.907. The lowest BCUT2D eigenvalue weighted by Crippen LogP contribution is -2.25. The predicted octanol–water partition coefficient (Wildman–Crippen LogP) is 2.57. The number of benzene rings is 1. The number of aromatic nitrogens is 2. The van der Waals surface area contributed by atoms with Gasteiger partial charge in [-0.15, -0.1) is 0 Å². The molecular weight excluding hydrogens is 260 g/mol. The van der Waals surface area contributed by atoms with E-state index in [0.29, 0.717) is 0 Å². The van der Waals surface area contributed by atoms with Crippen molar-refractivity contribution in [3.05, 3.63) is 46.8 Å². The number of hydrogen-bond donors (Lipinski definition) is 2. The monoisotopic (exact) mass is 284 g/mol. The summed E-state index contributed by atoms with van der Waals surface area (Å²) < 4.78 is 0. The van der Waals surface area contributed by atoms with Crippen molar-refractivity contribution in [2.75, 3.05) is 24.5 Å². The first-order chi connectivity index (χ1) is 10.3. The third kappa shape index (κ3) is 3.10. The van der Waals surface area contributed by atoms with Gasteiger partial charge in [0.2, 0.25) is 0 Å². The molecule has 0 radical (unpaired) electrons. The Balaban J connectivity index is 1.42. The molecule has 1 aliphatic rings. The van der Waals surface area contributed by atoms with Gasteiger partial charge in [-0.1, -0.05) is 18.2 Å². The van der Waals surface area contributed by atoms with E-state index in [9.17, 15) is 0 Å². The minimum atomic E-state index is 0.907. The van der Waals surface area contributed by atoms with Crippen LogP contribution in [0.4, 0.5) is 5.69 Å². The van der Waals surface area contributed by atoms with Crippen molar-refractivity contribution in [2.24, 2.45) is 0 Å². The van der Waals surface area contributed by atoms with Crippen LogP contribution in [0.15, 0.2) is 24.3 Å². The van der Waals surface area contributed by atoms with Crippen molar-refractivity contribution in [3.8, 4) is 0 Å². The van der Waals surface area contributed by atoms with E-state index in [1.165, 1.54) is 41.9 Å². The lowest BCUT2D eigenvalue weighted by molar-refractivity contribution is 0.636. The minimum Gasteiger partial charge on any atom is -0.371 e. The van der Waals surface area contributed by atoms with Gasteiger partial charge in [0.1, 0.15) is 0 Å². The molecule has 0 bridgehead atoms. The first kappa shape index (κ1) is 14.1. The molecule has 2 heterocycles. The standard InChI is InChI=1S/C17H24N4/c1-13-16(14(2)20-19-13)12-18-9-5-10-21-11-8-15-6-3-4-7-17(15)21/h3-4,6-7,18H,5,8-12H2,1-2H3,(H,19,20). The van der Waals surface area contributed by atoms with Gasteiger partial charge in [-0.3, -0.25) is 5.10 Å². The topological polar surface area (TPSA) is 44.0 Å². The molecule has 0 unspecified atom stereocenters. The second kappa shape index (κ2) is 6.31. The Hall–Kier alpha value is -1.81. The average molecular weight is 284 g/mol. The fraction of sp³-hybridized carbons (Fsp3) is 0.471. The predicted molar refractivity (Wildman–Crippen MR) is 86.7 cm³/mol. The van der Waals surface area contributed by atoms with E-state index in [1.807, 2.05) is 0 Å². The van der Waals surface area contributed by atoms with Crippen LogP contribution in [0.3, 0.4) is 0 Å². The number of nitrogens with zero attached hydrogens (tertiary/aromatic N) is 2. The van der Waals surface area contributed by atoms with Gasteiger partial charge in [0.05, 0.1) is 5.69 Å². The molecule has 4 heteroatoms. The van der Waals surface area contributed by atoms with Gasteiger partial charge in [0, 0.05) is 36.6 Å². The molecule has 1 aliphatic heterocycles. The van der Waals surface area contributed by atoms with Crippen LogP contribution in [0, 0.1) is 13.8 Å². The third-order valence-corrected chi connectivity index (χ3v) is 4.35. The Bertz CT molecular complexity index is 583. The molecule has 112 valence electrons. The van der Waals surface area contributed by atoms with Crippen molar-refractivity contribution in [1.29, 1.82) is 0 Å². The molecular formula is C17H24N4. The Labute approximate surface area is 126 Å². The van der Waals surface area contributed by atoms with Crippen LogP contribution in [-0.2, 0) is 13.0 Å². The third-order valence-electron chi connectivity index (χ3n) is 4.35. The number of H-pyrrole nitrogens is 1. The molecule has 1 aromatic carbocycles. The first-order valence-electron chi connectivity index (χ1n) is 7.79. The molecule has 0 saturated heterocycles. The average Bonchev–Trinajstić information content (AvgIpc) is 3.04. The van der Waals surface area contributed by atoms with Gasteiger partial charge < -0.3 is 10.2 Å². The fourth-order valence-corrected chi connectivity index (χ4v) is 3.08. The number of anilines is 1. The van der Waals surface area contributed by atoms with Crippen molar-refractivity contribution in [3.63, 3.8) is 0 Å². The molecule has 3 rings (SSSR count). The smallest absolute Gasteiger partial charge is 0.0638 e. The van der Waals surface area contributed by atoms with E-state index in [-0.39, 0.29) is 0 Å². The highest BCUT2D eigenvalue weighted by Crippen LogP contribution is 2.27. The normalized spacial score (nSPS) is 13.7. The Kier molecular flexibility index (Phi) is 4.25. The quantitative estimate of drug-likeness (QED) is 0.801. The van der Waals surface area contributed by atoms with Crippen LogP contribution in [0.2, 0.25) is 0 Å². The van der Waals surface area contributed by atoms with Crippen LogP contribution in [-0.4, -0.2) is 29.8 Å². The lowest BCUT2D eigenvalue weighted by atomic mass is 10.2. The molecule has 2 aromatic rings. The molecule has 0 amide bonds. The molecule has 4 nitrogen and oxygen atoms in total. The highest BCUT2D eigenvalue weighted by Gasteiger charge is 2.17. The molecule has 1 aromatic heterocycles. The van der Waals surface area contributed by atoms with E-state index in [2.05, 4.69) is 58.5 Å². The second-order valence-electron chi connectivity index (χ2n) is 5.81. The second-order valence-corrected chi connectivity index (χ2v) is 5.81. The highest BCUT2D eigenvalue weighted by atomic mass is 15.1. The van der Waals surface area contributed by atoms with Crippen molar-refractivity contribution in [2.45, 2.75) is 33.2 Å². The number of hydrogen-bond acceptors (Lipinski definition) is 3. The van der Waals surface area contributed by atoms with Gasteiger partial charge in [-0.05, 0) is 44.9 Å². The van der Waals surface area contributed by atoms with Crippen LogP contribution in [0.5, 0.6) is 0 Å². The van der Waals surface area contributed by atoms with E-state index in [1.54, 1.807) is 0 Å². The maximum absolute atomic E-state index is 4.23. The van der Waals surface area contributed by atoms with Crippen molar-refractivity contribution >= 4 is 5.69 Å². The fourth-order valence-electron chi connectivity index (χ4n) is 3.08. The summed E-state index contributed by atoms with van der Waals surface area (Å²) in [5, 5.41) is 10.8. The Morgan fingerprint density at radius 1 is 1.29 bits per heavy atom. The zero-order valence-electron chi connectivity index (χ0n) is 12.9. The van der Waals surface area contributed by atoms with Gasteiger partial charge in [-0.2, -0.15) is 5.10 Å². The summed E-state index contributed by atoms with van der Waals surface area (Å²) in [4.78, 5) is 2.51. The molecule has 0 saturated carbocycles. The molecule has 0 spiro atoms. The van der Waals surface area contributed by atoms with Gasteiger partial charge in [0.25, 0.3) is 0 Å². The van der Waals surface area contributed by atoms with Gasteiger partial charge >= 0.3 is 0 Å². The van der Waals surface area contributed by atoms with Crippen LogP contribution in [0.1, 0.15) is 28.9 Å². The van der Waals surface area contributed by atoms with Gasteiger partial charge in [-0.25, -0.2) is 0 Å². The van der Waals surface area contributed by atoms with Crippen LogP contribution >= 0.6 is 0 Å². The zero-order chi connectivity index (χ0) is 14.7. The van der Waals surface area contributed by atoms with E-state index in [0.717, 1.165) is 25.3 Å². The van der Waals surface area contributed by atoms with Crippen LogP contribution in [0.25, 0.3) is 0 Å². The van der Waals surface area contributed by atoms with Crippen molar-refractivity contribution < 1.29 is 0 Å².